The molecule has 1 aromatic carbocycles. The zero-order valence-corrected chi connectivity index (χ0v) is 11.7. The Bertz CT molecular complexity index is 432. The number of nitrogens with one attached hydrogen (secondary N) is 1. The number of aryl methyl sites for hydroxylation is 1. The maximum Gasteiger partial charge on any atom is 0.251 e. The van der Waals surface area contributed by atoms with Crippen molar-refractivity contribution in [3.05, 3.63) is 35.4 Å². The van der Waals surface area contributed by atoms with Crippen LogP contribution in [0, 0.1) is 0 Å². The first kappa shape index (κ1) is 14.6. The van der Waals surface area contributed by atoms with Crippen LogP contribution in [0.1, 0.15) is 42.6 Å². The van der Waals surface area contributed by atoms with E-state index in [1.165, 1.54) is 0 Å². The summed E-state index contributed by atoms with van der Waals surface area (Å²) in [6, 6.07) is 7.66. The van der Waals surface area contributed by atoms with Crippen molar-refractivity contribution in [1.29, 1.82) is 0 Å². The molecule has 0 aliphatic carbocycles. The lowest BCUT2D eigenvalue weighted by atomic mass is 10.0. The lowest BCUT2D eigenvalue weighted by molar-refractivity contribution is 0.0936. The summed E-state index contributed by atoms with van der Waals surface area (Å²) in [5.41, 5.74) is 7.31. The van der Waals surface area contributed by atoms with Crippen LogP contribution in [-0.4, -0.2) is 16.9 Å². The molecule has 0 aliphatic heterocycles. The van der Waals surface area contributed by atoms with Crippen LogP contribution < -0.4 is 11.1 Å². The molecule has 1 aromatic rings. The second-order valence-corrected chi connectivity index (χ2v) is 4.78. The molecule has 0 saturated carbocycles. The van der Waals surface area contributed by atoms with Gasteiger partial charge in [-0.1, -0.05) is 44.3 Å². The lowest BCUT2D eigenvalue weighted by Crippen LogP contribution is -2.37. The van der Waals surface area contributed by atoms with Crippen molar-refractivity contribution in [2.24, 2.45) is 5.73 Å². The number of carbonyl (C=O) groups excluding carboxylic acids is 1. The Hall–Kier alpha value is -1.42. The Morgan fingerprint density at radius 2 is 2.06 bits per heavy atom. The fourth-order valence-electron chi connectivity index (χ4n) is 1.85. The van der Waals surface area contributed by atoms with E-state index < -0.39 is 0 Å². The van der Waals surface area contributed by atoms with E-state index in [1.54, 1.807) is 0 Å². The van der Waals surface area contributed by atoms with E-state index >= 15 is 0 Å². The van der Waals surface area contributed by atoms with E-state index in [-0.39, 0.29) is 11.9 Å². The number of amides is 1. The van der Waals surface area contributed by atoms with E-state index in [2.05, 4.69) is 5.32 Å². The zero-order chi connectivity index (χ0) is 13.5. The van der Waals surface area contributed by atoms with Gasteiger partial charge in [-0.2, -0.15) is 0 Å². The highest BCUT2D eigenvalue weighted by atomic mass is 32.1. The highest BCUT2D eigenvalue weighted by Crippen LogP contribution is 2.10. The van der Waals surface area contributed by atoms with Gasteiger partial charge in [-0.15, -0.1) is 0 Å². The maximum atomic E-state index is 12.2. The smallest absolute Gasteiger partial charge is 0.251 e. The van der Waals surface area contributed by atoms with Gasteiger partial charge in [0.05, 0.1) is 4.99 Å². The zero-order valence-electron chi connectivity index (χ0n) is 10.9. The molecule has 0 radical (unpaired) electrons. The van der Waals surface area contributed by atoms with Gasteiger partial charge in [0.15, 0.2) is 0 Å². The van der Waals surface area contributed by atoms with E-state index in [0.29, 0.717) is 11.4 Å². The third kappa shape index (κ3) is 4.11. The maximum absolute atomic E-state index is 12.2. The number of carbonyl (C=O) groups is 1. The van der Waals surface area contributed by atoms with Crippen molar-refractivity contribution in [2.75, 3.05) is 0 Å². The molecule has 0 heterocycles. The van der Waals surface area contributed by atoms with Crippen LogP contribution in [0.3, 0.4) is 0 Å². The molecule has 1 rings (SSSR count). The molecular formula is C14H20N2OS. The minimum atomic E-state index is -0.0458. The van der Waals surface area contributed by atoms with E-state index in [1.807, 2.05) is 38.1 Å². The van der Waals surface area contributed by atoms with Gasteiger partial charge in [0.2, 0.25) is 0 Å². The van der Waals surface area contributed by atoms with Crippen molar-refractivity contribution in [3.63, 3.8) is 0 Å². The summed E-state index contributed by atoms with van der Waals surface area (Å²) in [6.45, 7) is 4.05. The quantitative estimate of drug-likeness (QED) is 0.776. The Balaban J connectivity index is 2.77. The predicted octanol–water partition coefficient (Wildman–Crippen LogP) is 2.43. The van der Waals surface area contributed by atoms with Crippen LogP contribution in [0.2, 0.25) is 0 Å². The van der Waals surface area contributed by atoms with E-state index in [0.717, 1.165) is 24.0 Å². The summed E-state index contributed by atoms with van der Waals surface area (Å²) in [4.78, 5) is 12.6. The fourth-order valence-corrected chi connectivity index (χ4v) is 2.05. The molecule has 98 valence electrons. The molecule has 0 saturated heterocycles. The van der Waals surface area contributed by atoms with Gasteiger partial charge in [-0.25, -0.2) is 0 Å². The van der Waals surface area contributed by atoms with Crippen molar-refractivity contribution in [1.82, 2.24) is 5.32 Å². The van der Waals surface area contributed by atoms with Crippen molar-refractivity contribution >= 4 is 23.1 Å². The normalized spacial score (nSPS) is 11.9. The topological polar surface area (TPSA) is 55.1 Å². The molecule has 4 heteroatoms. The first-order valence-corrected chi connectivity index (χ1v) is 6.66. The minimum Gasteiger partial charge on any atom is -0.393 e. The fraction of sp³-hybridized carbons (Fsp3) is 0.429. The van der Waals surface area contributed by atoms with E-state index in [4.69, 9.17) is 18.0 Å². The number of thiocarbonyl (C=S) groups is 1. The van der Waals surface area contributed by atoms with E-state index in [9.17, 15) is 4.79 Å². The Morgan fingerprint density at radius 3 is 2.61 bits per heavy atom. The number of hydrogen-bond donors (Lipinski definition) is 2. The van der Waals surface area contributed by atoms with Gasteiger partial charge < -0.3 is 11.1 Å². The highest BCUT2D eigenvalue weighted by Gasteiger charge is 2.14. The number of rotatable bonds is 6. The average Bonchev–Trinajstić information content (AvgIpc) is 2.37. The first-order chi connectivity index (χ1) is 8.58. The van der Waals surface area contributed by atoms with Crippen molar-refractivity contribution in [2.45, 2.75) is 39.2 Å². The summed E-state index contributed by atoms with van der Waals surface area (Å²) in [7, 11) is 0. The average molecular weight is 264 g/mol. The van der Waals surface area contributed by atoms with Crippen LogP contribution in [0.15, 0.2) is 24.3 Å². The standard InChI is InChI=1S/C14H20N2OS/c1-3-10-7-5-6-8-12(10)14(17)16-11(4-2)9-13(15)18/h5-8,11H,3-4,9H2,1-2H3,(H2,15,18)(H,16,17). The molecule has 1 amide bonds. The van der Waals surface area contributed by atoms with Gasteiger partial charge in [0, 0.05) is 18.0 Å². The van der Waals surface area contributed by atoms with Crippen LogP contribution in [-0.2, 0) is 6.42 Å². The third-order valence-corrected chi connectivity index (χ3v) is 3.09. The van der Waals surface area contributed by atoms with Crippen LogP contribution >= 0.6 is 12.2 Å². The Labute approximate surface area is 114 Å². The molecule has 0 fully saturated rings. The number of benzene rings is 1. The molecular weight excluding hydrogens is 244 g/mol. The van der Waals surface area contributed by atoms with Gasteiger partial charge in [-0.05, 0) is 24.5 Å². The van der Waals surface area contributed by atoms with Gasteiger partial charge in [-0.3, -0.25) is 4.79 Å². The summed E-state index contributed by atoms with van der Waals surface area (Å²) in [6.07, 6.45) is 2.21. The van der Waals surface area contributed by atoms with Gasteiger partial charge in [0.25, 0.3) is 5.91 Å². The SMILES string of the molecule is CCc1ccccc1C(=O)NC(CC)CC(N)=S. The monoisotopic (exact) mass is 264 g/mol. The molecule has 3 nitrogen and oxygen atoms in total. The summed E-state index contributed by atoms with van der Waals surface area (Å²) >= 11 is 4.88. The minimum absolute atomic E-state index is 0.0138. The molecule has 0 aliphatic rings. The molecule has 0 bridgehead atoms. The molecule has 0 spiro atoms. The predicted molar refractivity (Wildman–Crippen MR) is 78.8 cm³/mol. The van der Waals surface area contributed by atoms with Crippen molar-refractivity contribution in [3.8, 4) is 0 Å². The summed E-state index contributed by atoms with van der Waals surface area (Å²) in [5, 5.41) is 2.98. The van der Waals surface area contributed by atoms with Crippen LogP contribution in [0.25, 0.3) is 0 Å². The highest BCUT2D eigenvalue weighted by molar-refractivity contribution is 7.80. The van der Waals surface area contributed by atoms with Gasteiger partial charge in [0.1, 0.15) is 0 Å². The number of nitrogens with two attached hydrogens (primary N) is 1. The molecule has 3 N–H and O–H groups in total. The lowest BCUT2D eigenvalue weighted by Gasteiger charge is -2.17. The van der Waals surface area contributed by atoms with Crippen LogP contribution in [0.4, 0.5) is 0 Å². The molecule has 0 aromatic heterocycles. The second kappa shape index (κ2) is 7.11. The first-order valence-electron chi connectivity index (χ1n) is 6.25. The second-order valence-electron chi connectivity index (χ2n) is 4.26. The summed E-state index contributed by atoms with van der Waals surface area (Å²) < 4.78 is 0. The van der Waals surface area contributed by atoms with Crippen molar-refractivity contribution < 1.29 is 4.79 Å². The Kier molecular flexibility index (Phi) is 5.78. The molecule has 1 atom stereocenters. The number of hydrogen-bond acceptors (Lipinski definition) is 2. The molecule has 1 unspecified atom stereocenters. The summed E-state index contributed by atoms with van der Waals surface area (Å²) in [5.74, 6) is -0.0458. The van der Waals surface area contributed by atoms with Crippen LogP contribution in [0.5, 0.6) is 0 Å². The van der Waals surface area contributed by atoms with Gasteiger partial charge >= 0.3 is 0 Å². The largest absolute Gasteiger partial charge is 0.393 e. The molecule has 18 heavy (non-hydrogen) atoms. The Morgan fingerprint density at radius 1 is 1.39 bits per heavy atom. The third-order valence-electron chi connectivity index (χ3n) is 2.92.